The fourth-order valence-electron chi connectivity index (χ4n) is 3.18. The van der Waals surface area contributed by atoms with Crippen molar-refractivity contribution in [1.82, 2.24) is 19.2 Å². The topological polar surface area (TPSA) is 98.7 Å². The molecule has 8 nitrogen and oxygen atoms in total. The molecule has 0 saturated carbocycles. The van der Waals surface area contributed by atoms with Crippen molar-refractivity contribution in [3.05, 3.63) is 69.6 Å². The molecule has 2 aromatic heterocycles. The molecule has 148 valence electrons. The van der Waals surface area contributed by atoms with Crippen molar-refractivity contribution in [3.63, 3.8) is 0 Å². The molecule has 0 aliphatic rings. The van der Waals surface area contributed by atoms with E-state index in [1.54, 1.807) is 24.3 Å². The summed E-state index contributed by atoms with van der Waals surface area (Å²) in [5, 5.41) is 17.7. The highest BCUT2D eigenvalue weighted by atomic mass is 35.5. The third kappa shape index (κ3) is 3.79. The van der Waals surface area contributed by atoms with Crippen LogP contribution in [0.3, 0.4) is 0 Å². The van der Waals surface area contributed by atoms with Crippen LogP contribution < -0.4 is 10.3 Å². The van der Waals surface area contributed by atoms with Gasteiger partial charge in [0.2, 0.25) is 5.78 Å². The Labute approximate surface area is 169 Å². The number of hydrogen-bond donors (Lipinski definition) is 1. The number of hydrogen-bond acceptors (Lipinski definition) is 5. The molecule has 0 aliphatic carbocycles. The molecule has 2 heterocycles. The minimum Gasteiger partial charge on any atom is -0.492 e. The Bertz CT molecular complexity index is 1250. The Balaban J connectivity index is 1.69. The SMILES string of the molecule is O=C(O)CCc1nnc2n(CCOc3ccc(Cl)cc3)c3ccccc3n2c1=O. The number of carbonyl (C=O) groups is 1. The summed E-state index contributed by atoms with van der Waals surface area (Å²) in [6, 6.07) is 14.5. The number of para-hydroxylation sites is 2. The highest BCUT2D eigenvalue weighted by molar-refractivity contribution is 6.30. The van der Waals surface area contributed by atoms with Gasteiger partial charge in [-0.15, -0.1) is 10.2 Å². The molecule has 0 aliphatic heterocycles. The second-order valence-corrected chi connectivity index (χ2v) is 6.86. The van der Waals surface area contributed by atoms with E-state index in [-0.39, 0.29) is 24.1 Å². The van der Waals surface area contributed by atoms with Crippen LogP contribution in [0.25, 0.3) is 16.8 Å². The summed E-state index contributed by atoms with van der Waals surface area (Å²) in [6.45, 7) is 0.800. The number of halogens is 1. The average molecular weight is 413 g/mol. The molecule has 4 rings (SSSR count). The Morgan fingerprint density at radius 3 is 2.52 bits per heavy atom. The van der Waals surface area contributed by atoms with Gasteiger partial charge in [0, 0.05) is 11.4 Å². The van der Waals surface area contributed by atoms with E-state index >= 15 is 0 Å². The lowest BCUT2D eigenvalue weighted by Crippen LogP contribution is -2.23. The van der Waals surface area contributed by atoms with Gasteiger partial charge in [-0.1, -0.05) is 23.7 Å². The summed E-state index contributed by atoms with van der Waals surface area (Å²) in [5.41, 5.74) is 1.27. The molecule has 0 amide bonds. The average Bonchev–Trinajstić information content (AvgIpc) is 3.03. The predicted octanol–water partition coefficient (Wildman–Crippen LogP) is 2.79. The zero-order valence-corrected chi connectivity index (χ0v) is 16.0. The number of ether oxygens (including phenoxy) is 1. The molecule has 2 aromatic carbocycles. The summed E-state index contributed by atoms with van der Waals surface area (Å²) in [6.07, 6.45) is -0.146. The van der Waals surface area contributed by atoms with Crippen molar-refractivity contribution in [1.29, 1.82) is 0 Å². The second-order valence-electron chi connectivity index (χ2n) is 6.42. The Morgan fingerprint density at radius 2 is 1.79 bits per heavy atom. The van der Waals surface area contributed by atoms with Crippen molar-refractivity contribution in [2.45, 2.75) is 19.4 Å². The third-order valence-corrected chi connectivity index (χ3v) is 4.79. The molecule has 0 unspecified atom stereocenters. The zero-order chi connectivity index (χ0) is 20.4. The highest BCUT2D eigenvalue weighted by Crippen LogP contribution is 2.19. The van der Waals surface area contributed by atoms with E-state index in [0.717, 1.165) is 5.52 Å². The maximum Gasteiger partial charge on any atom is 0.303 e. The molecular weight excluding hydrogens is 396 g/mol. The zero-order valence-electron chi connectivity index (χ0n) is 15.3. The first kappa shape index (κ1) is 18.9. The molecule has 0 atom stereocenters. The number of carboxylic acids is 1. The van der Waals surface area contributed by atoms with Gasteiger partial charge in [-0.3, -0.25) is 9.59 Å². The van der Waals surface area contributed by atoms with Crippen LogP contribution in [-0.4, -0.2) is 36.8 Å². The van der Waals surface area contributed by atoms with Crippen molar-refractivity contribution in [2.75, 3.05) is 6.61 Å². The van der Waals surface area contributed by atoms with Gasteiger partial charge < -0.3 is 14.4 Å². The monoisotopic (exact) mass is 412 g/mol. The number of nitrogens with zero attached hydrogens (tertiary/aromatic N) is 4. The molecule has 0 radical (unpaired) electrons. The number of carboxylic acid groups (broad SMARTS) is 1. The van der Waals surface area contributed by atoms with Gasteiger partial charge >= 0.3 is 5.97 Å². The van der Waals surface area contributed by atoms with Gasteiger partial charge in [0.05, 0.1) is 24.0 Å². The van der Waals surface area contributed by atoms with E-state index in [9.17, 15) is 9.59 Å². The maximum absolute atomic E-state index is 12.9. The predicted molar refractivity (Wildman–Crippen MR) is 108 cm³/mol. The summed E-state index contributed by atoms with van der Waals surface area (Å²) in [4.78, 5) is 23.7. The molecule has 9 heteroatoms. The van der Waals surface area contributed by atoms with Crippen molar-refractivity contribution in [3.8, 4) is 5.75 Å². The number of aliphatic carboxylic acids is 1. The highest BCUT2D eigenvalue weighted by Gasteiger charge is 2.17. The van der Waals surface area contributed by atoms with Gasteiger partial charge in [-0.05, 0) is 36.4 Å². The van der Waals surface area contributed by atoms with E-state index in [2.05, 4.69) is 10.2 Å². The van der Waals surface area contributed by atoms with Crippen LogP contribution in [0.2, 0.25) is 5.02 Å². The van der Waals surface area contributed by atoms with Gasteiger partial charge in [0.1, 0.15) is 18.1 Å². The van der Waals surface area contributed by atoms with Crippen molar-refractivity contribution < 1.29 is 14.6 Å². The van der Waals surface area contributed by atoms with E-state index in [1.165, 1.54) is 4.40 Å². The third-order valence-electron chi connectivity index (χ3n) is 4.54. The van der Waals surface area contributed by atoms with E-state index < -0.39 is 5.97 Å². The number of imidazole rings is 1. The molecule has 4 aromatic rings. The minimum absolute atomic E-state index is 0.0310. The lowest BCUT2D eigenvalue weighted by Gasteiger charge is -2.08. The van der Waals surface area contributed by atoms with Gasteiger partial charge in [0.15, 0.2) is 0 Å². The molecular formula is C20H17ClN4O4. The largest absolute Gasteiger partial charge is 0.492 e. The first-order valence-corrected chi connectivity index (χ1v) is 9.38. The summed E-state index contributed by atoms with van der Waals surface area (Å²) in [7, 11) is 0. The smallest absolute Gasteiger partial charge is 0.303 e. The van der Waals surface area contributed by atoms with Crippen LogP contribution in [-0.2, 0) is 17.8 Å². The Kier molecular flexibility index (Phi) is 5.18. The summed E-state index contributed by atoms with van der Waals surface area (Å²) >= 11 is 5.89. The van der Waals surface area contributed by atoms with Crippen LogP contribution in [0.5, 0.6) is 5.75 Å². The number of fused-ring (bicyclic) bond motifs is 3. The lowest BCUT2D eigenvalue weighted by molar-refractivity contribution is -0.136. The van der Waals surface area contributed by atoms with E-state index in [4.69, 9.17) is 21.4 Å². The normalized spacial score (nSPS) is 11.2. The molecule has 0 bridgehead atoms. The number of benzene rings is 2. The Hall–Kier alpha value is -3.39. The Morgan fingerprint density at radius 1 is 1.07 bits per heavy atom. The second kappa shape index (κ2) is 7.92. The van der Waals surface area contributed by atoms with Crippen molar-refractivity contribution >= 4 is 34.4 Å². The molecule has 1 N–H and O–H groups in total. The maximum atomic E-state index is 12.9. The first-order chi connectivity index (χ1) is 14.0. The van der Waals surface area contributed by atoms with Gasteiger partial charge in [-0.25, -0.2) is 4.40 Å². The lowest BCUT2D eigenvalue weighted by atomic mass is 10.2. The standard InChI is InChI=1S/C20H17ClN4O4/c21-13-5-7-14(8-6-13)29-12-11-24-16-3-1-2-4-17(16)25-19(28)15(9-10-18(26)27)22-23-20(24)25/h1-8H,9-12H2,(H,26,27). The van der Waals surface area contributed by atoms with Crippen LogP contribution >= 0.6 is 11.6 Å². The van der Waals surface area contributed by atoms with E-state index in [0.29, 0.717) is 35.2 Å². The van der Waals surface area contributed by atoms with Gasteiger partial charge in [-0.2, -0.15) is 0 Å². The van der Waals surface area contributed by atoms with Crippen LogP contribution in [0.1, 0.15) is 12.1 Å². The molecule has 0 saturated heterocycles. The first-order valence-electron chi connectivity index (χ1n) is 9.00. The fraction of sp³-hybridized carbons (Fsp3) is 0.200. The summed E-state index contributed by atoms with van der Waals surface area (Å²) < 4.78 is 9.11. The molecule has 0 fully saturated rings. The van der Waals surface area contributed by atoms with Crippen LogP contribution in [0.15, 0.2) is 53.3 Å². The van der Waals surface area contributed by atoms with Gasteiger partial charge in [0.25, 0.3) is 5.56 Å². The number of aromatic nitrogens is 4. The minimum atomic E-state index is -0.988. The van der Waals surface area contributed by atoms with Crippen LogP contribution in [0, 0.1) is 0 Å². The number of aryl methyl sites for hydroxylation is 1. The molecule has 29 heavy (non-hydrogen) atoms. The quantitative estimate of drug-likeness (QED) is 0.501. The van der Waals surface area contributed by atoms with Crippen molar-refractivity contribution in [2.24, 2.45) is 0 Å². The number of rotatable bonds is 7. The van der Waals surface area contributed by atoms with E-state index in [1.807, 2.05) is 28.8 Å². The fourth-order valence-corrected chi connectivity index (χ4v) is 3.31. The summed E-state index contributed by atoms with van der Waals surface area (Å²) in [5.74, 6) is 0.0856. The van der Waals surface area contributed by atoms with Crippen LogP contribution in [0.4, 0.5) is 0 Å². The molecule has 0 spiro atoms.